The van der Waals surface area contributed by atoms with E-state index in [-0.39, 0.29) is 5.78 Å². The number of benzene rings is 1. The van der Waals surface area contributed by atoms with Crippen molar-refractivity contribution >= 4 is 33.3 Å². The summed E-state index contributed by atoms with van der Waals surface area (Å²) >= 11 is 9.53. The van der Waals surface area contributed by atoms with Gasteiger partial charge in [-0.2, -0.15) is 0 Å². The van der Waals surface area contributed by atoms with Crippen LogP contribution in [-0.4, -0.2) is 31.6 Å². The molecule has 0 radical (unpaired) electrons. The standard InChI is InChI=1S/C14H17BrClNO2/c1-19-14(4-6-17-7-5-14)13(18)8-10-2-3-11(15)9-12(10)16/h2-3,9,17H,4-8H2,1H3. The number of nitrogens with one attached hydrogen (secondary N) is 1. The molecule has 1 aliphatic rings. The van der Waals surface area contributed by atoms with Crippen molar-refractivity contribution < 1.29 is 9.53 Å². The van der Waals surface area contributed by atoms with Gasteiger partial charge in [0.25, 0.3) is 0 Å². The molecular formula is C14H17BrClNO2. The number of carbonyl (C=O) groups excluding carboxylic acids is 1. The first-order valence-electron chi connectivity index (χ1n) is 6.30. The summed E-state index contributed by atoms with van der Waals surface area (Å²) in [7, 11) is 1.62. The summed E-state index contributed by atoms with van der Waals surface area (Å²) in [6.45, 7) is 1.63. The lowest BCUT2D eigenvalue weighted by Gasteiger charge is -2.35. The highest BCUT2D eigenvalue weighted by molar-refractivity contribution is 9.10. The molecule has 104 valence electrons. The van der Waals surface area contributed by atoms with Crippen LogP contribution >= 0.6 is 27.5 Å². The van der Waals surface area contributed by atoms with Gasteiger partial charge < -0.3 is 10.1 Å². The Balaban J connectivity index is 2.15. The summed E-state index contributed by atoms with van der Waals surface area (Å²) in [6, 6.07) is 5.59. The molecule has 1 aromatic rings. The zero-order chi connectivity index (χ0) is 13.9. The first kappa shape index (κ1) is 15.0. The molecule has 0 aromatic heterocycles. The van der Waals surface area contributed by atoms with E-state index in [0.717, 1.165) is 36.0 Å². The minimum absolute atomic E-state index is 0.112. The van der Waals surface area contributed by atoms with Crippen LogP contribution in [0.4, 0.5) is 0 Å². The number of halogens is 2. The molecule has 19 heavy (non-hydrogen) atoms. The van der Waals surface area contributed by atoms with Gasteiger partial charge in [0, 0.05) is 23.0 Å². The summed E-state index contributed by atoms with van der Waals surface area (Å²) in [5, 5.41) is 3.86. The quantitative estimate of drug-likeness (QED) is 0.911. The summed E-state index contributed by atoms with van der Waals surface area (Å²) < 4.78 is 6.45. The van der Waals surface area contributed by atoms with Gasteiger partial charge in [0.2, 0.25) is 0 Å². The van der Waals surface area contributed by atoms with E-state index < -0.39 is 5.60 Å². The van der Waals surface area contributed by atoms with Crippen molar-refractivity contribution in [3.05, 3.63) is 33.3 Å². The van der Waals surface area contributed by atoms with Gasteiger partial charge in [-0.25, -0.2) is 0 Å². The number of piperidine rings is 1. The fourth-order valence-electron chi connectivity index (χ4n) is 2.43. The largest absolute Gasteiger partial charge is 0.370 e. The Morgan fingerprint density at radius 1 is 1.47 bits per heavy atom. The van der Waals surface area contributed by atoms with Crippen LogP contribution in [-0.2, 0) is 16.0 Å². The molecule has 0 spiro atoms. The lowest BCUT2D eigenvalue weighted by Crippen LogP contribution is -2.49. The van der Waals surface area contributed by atoms with Crippen LogP contribution in [0.1, 0.15) is 18.4 Å². The summed E-state index contributed by atoms with van der Waals surface area (Å²) in [5.41, 5.74) is 0.201. The first-order valence-corrected chi connectivity index (χ1v) is 7.47. The Morgan fingerprint density at radius 2 is 2.16 bits per heavy atom. The van der Waals surface area contributed by atoms with Gasteiger partial charge in [-0.3, -0.25) is 4.79 Å². The molecule has 0 unspecified atom stereocenters. The number of ketones is 1. The SMILES string of the molecule is COC1(C(=O)Cc2ccc(Br)cc2Cl)CCNCC1. The van der Waals surface area contributed by atoms with E-state index in [1.807, 2.05) is 18.2 Å². The van der Waals surface area contributed by atoms with E-state index >= 15 is 0 Å². The number of methoxy groups -OCH3 is 1. The maximum atomic E-state index is 12.5. The Morgan fingerprint density at radius 3 is 2.74 bits per heavy atom. The molecule has 1 N–H and O–H groups in total. The van der Waals surface area contributed by atoms with Gasteiger partial charge in [0.15, 0.2) is 5.78 Å². The van der Waals surface area contributed by atoms with Gasteiger partial charge in [0.05, 0.1) is 0 Å². The topological polar surface area (TPSA) is 38.3 Å². The first-order chi connectivity index (χ1) is 9.07. The van der Waals surface area contributed by atoms with Crippen LogP contribution in [0.25, 0.3) is 0 Å². The normalized spacial score (nSPS) is 18.3. The number of ether oxygens (including phenoxy) is 1. The Hall–Kier alpha value is -0.420. The molecule has 2 rings (SSSR count). The highest BCUT2D eigenvalue weighted by Gasteiger charge is 2.39. The molecule has 0 amide bonds. The van der Waals surface area contributed by atoms with E-state index in [0.29, 0.717) is 11.4 Å². The van der Waals surface area contributed by atoms with E-state index in [1.54, 1.807) is 7.11 Å². The van der Waals surface area contributed by atoms with Gasteiger partial charge >= 0.3 is 0 Å². The van der Waals surface area contributed by atoms with Crippen molar-refractivity contribution in [2.75, 3.05) is 20.2 Å². The lowest BCUT2D eigenvalue weighted by molar-refractivity contribution is -0.143. The van der Waals surface area contributed by atoms with Crippen LogP contribution < -0.4 is 5.32 Å². The molecule has 0 aliphatic carbocycles. The molecule has 0 atom stereocenters. The molecule has 0 saturated carbocycles. The number of hydrogen-bond donors (Lipinski definition) is 1. The second-order valence-electron chi connectivity index (χ2n) is 4.78. The van der Waals surface area contributed by atoms with Gasteiger partial charge in [-0.1, -0.05) is 33.6 Å². The fourth-order valence-corrected chi connectivity index (χ4v) is 3.17. The highest BCUT2D eigenvalue weighted by Crippen LogP contribution is 2.28. The van der Waals surface area contributed by atoms with E-state index in [1.165, 1.54) is 0 Å². The van der Waals surface area contributed by atoms with Crippen molar-refractivity contribution in [2.45, 2.75) is 24.9 Å². The van der Waals surface area contributed by atoms with Gasteiger partial charge in [-0.15, -0.1) is 0 Å². The predicted octanol–water partition coefficient (Wildman–Crippen LogP) is 2.98. The number of Topliss-reactive ketones (excluding diaryl/α,β-unsaturated/α-hetero) is 1. The minimum atomic E-state index is -0.651. The van der Waals surface area contributed by atoms with Crippen molar-refractivity contribution in [1.82, 2.24) is 5.32 Å². The average Bonchev–Trinajstić information content (AvgIpc) is 2.42. The van der Waals surface area contributed by atoms with E-state index in [2.05, 4.69) is 21.2 Å². The summed E-state index contributed by atoms with van der Waals surface area (Å²) in [6.07, 6.45) is 1.76. The molecule has 1 aromatic carbocycles. The Bertz CT molecular complexity index is 473. The second kappa shape index (κ2) is 6.35. The smallest absolute Gasteiger partial charge is 0.169 e. The molecule has 1 fully saturated rings. The fraction of sp³-hybridized carbons (Fsp3) is 0.500. The second-order valence-corrected chi connectivity index (χ2v) is 6.11. The van der Waals surface area contributed by atoms with Crippen molar-refractivity contribution in [3.63, 3.8) is 0 Å². The van der Waals surface area contributed by atoms with Crippen LogP contribution in [0.5, 0.6) is 0 Å². The minimum Gasteiger partial charge on any atom is -0.370 e. The molecule has 1 saturated heterocycles. The van der Waals surface area contributed by atoms with E-state index in [4.69, 9.17) is 16.3 Å². The average molecular weight is 347 g/mol. The molecule has 1 heterocycles. The highest BCUT2D eigenvalue weighted by atomic mass is 79.9. The third-order valence-corrected chi connectivity index (χ3v) is 4.52. The zero-order valence-electron chi connectivity index (χ0n) is 10.8. The van der Waals surface area contributed by atoms with Crippen molar-refractivity contribution in [2.24, 2.45) is 0 Å². The monoisotopic (exact) mass is 345 g/mol. The maximum Gasteiger partial charge on any atom is 0.169 e. The molecule has 3 nitrogen and oxygen atoms in total. The molecular weight excluding hydrogens is 330 g/mol. The molecule has 5 heteroatoms. The van der Waals surface area contributed by atoms with Crippen molar-refractivity contribution in [3.8, 4) is 0 Å². The van der Waals surface area contributed by atoms with Crippen LogP contribution in [0.15, 0.2) is 22.7 Å². The van der Waals surface area contributed by atoms with Crippen LogP contribution in [0.3, 0.4) is 0 Å². The summed E-state index contributed by atoms with van der Waals surface area (Å²) in [5.74, 6) is 0.112. The maximum absolute atomic E-state index is 12.5. The third-order valence-electron chi connectivity index (χ3n) is 3.68. The summed E-state index contributed by atoms with van der Waals surface area (Å²) in [4.78, 5) is 12.5. The van der Waals surface area contributed by atoms with E-state index in [9.17, 15) is 4.79 Å². The Labute approximate surface area is 126 Å². The number of carbonyl (C=O) groups is 1. The van der Waals surface area contributed by atoms with Gasteiger partial charge in [-0.05, 0) is 43.6 Å². The Kier molecular flexibility index (Phi) is 5.01. The van der Waals surface area contributed by atoms with Crippen molar-refractivity contribution in [1.29, 1.82) is 0 Å². The lowest BCUT2D eigenvalue weighted by atomic mass is 9.85. The molecule has 1 aliphatic heterocycles. The molecule has 0 bridgehead atoms. The number of rotatable bonds is 4. The van der Waals surface area contributed by atoms with Crippen LogP contribution in [0.2, 0.25) is 5.02 Å². The predicted molar refractivity (Wildman–Crippen MR) is 79.7 cm³/mol. The zero-order valence-corrected chi connectivity index (χ0v) is 13.2. The third kappa shape index (κ3) is 3.37. The van der Waals surface area contributed by atoms with Crippen LogP contribution in [0, 0.1) is 0 Å². The van der Waals surface area contributed by atoms with Gasteiger partial charge in [0.1, 0.15) is 5.60 Å². The number of hydrogen-bond acceptors (Lipinski definition) is 3.